The zero-order chi connectivity index (χ0) is 28.4. The van der Waals surface area contributed by atoms with E-state index in [-0.39, 0.29) is 54.9 Å². The van der Waals surface area contributed by atoms with Crippen molar-refractivity contribution in [2.24, 2.45) is 0 Å². The average molecular weight is 673 g/mol. The summed E-state index contributed by atoms with van der Waals surface area (Å²) in [7, 11) is 1.57. The molecule has 0 aliphatic carbocycles. The monoisotopic (exact) mass is 671 g/mol. The largest absolute Gasteiger partial charge is 0.496 e. The first-order valence-electron chi connectivity index (χ1n) is 13.7. The molecule has 0 bridgehead atoms. The smallest absolute Gasteiger partial charge is 0.453 e. The molecule has 2 saturated heterocycles. The molecule has 2 aliphatic heterocycles. The zero-order valence-corrected chi connectivity index (χ0v) is 26.4. The van der Waals surface area contributed by atoms with Crippen LogP contribution in [0.15, 0.2) is 78.9 Å². The van der Waals surface area contributed by atoms with Gasteiger partial charge < -0.3 is 10.1 Å². The van der Waals surface area contributed by atoms with E-state index in [0.717, 1.165) is 43.0 Å². The summed E-state index contributed by atoms with van der Waals surface area (Å²) in [5.74, 6) is -0.396. The van der Waals surface area contributed by atoms with Crippen LogP contribution in [0.4, 0.5) is 13.2 Å². The maximum Gasteiger partial charge on any atom is 0.453 e. The van der Waals surface area contributed by atoms with Gasteiger partial charge >= 0.3 is 6.18 Å². The van der Waals surface area contributed by atoms with Gasteiger partial charge in [-0.2, -0.15) is 17.9 Å². The second kappa shape index (κ2) is 15.4. The van der Waals surface area contributed by atoms with Gasteiger partial charge in [-0.1, -0.05) is 60.7 Å². The van der Waals surface area contributed by atoms with Crippen LogP contribution < -0.4 is 10.1 Å². The first-order valence-corrected chi connectivity index (χ1v) is 13.7. The summed E-state index contributed by atoms with van der Waals surface area (Å²) in [6.45, 7) is 4.89. The maximum absolute atomic E-state index is 13.5. The minimum absolute atomic E-state index is 0. The van der Waals surface area contributed by atoms with Crippen molar-refractivity contribution in [2.75, 3.05) is 39.8 Å². The number of halogens is 6. The molecule has 1 aromatic heterocycles. The minimum Gasteiger partial charge on any atom is -0.496 e. The molecule has 2 atom stereocenters. The summed E-state index contributed by atoms with van der Waals surface area (Å²) in [6, 6.07) is 26.6. The molecule has 14 heteroatoms. The Balaban J connectivity index is 0.00000176. The molecule has 0 unspecified atom stereocenters. The van der Waals surface area contributed by atoms with Crippen molar-refractivity contribution in [3.63, 3.8) is 0 Å². The van der Waals surface area contributed by atoms with Crippen LogP contribution in [-0.4, -0.2) is 81.9 Å². The van der Waals surface area contributed by atoms with Crippen molar-refractivity contribution >= 4 is 37.2 Å². The number of benzene rings is 3. The van der Waals surface area contributed by atoms with Crippen molar-refractivity contribution in [1.29, 1.82) is 0 Å². The van der Waals surface area contributed by atoms with Gasteiger partial charge in [0.15, 0.2) is 0 Å². The Kier molecular flexibility index (Phi) is 12.4. The fourth-order valence-corrected chi connectivity index (χ4v) is 6.31. The van der Waals surface area contributed by atoms with Gasteiger partial charge in [-0.25, -0.2) is 0 Å². The lowest BCUT2D eigenvalue weighted by Gasteiger charge is -2.52. The van der Waals surface area contributed by atoms with E-state index in [2.05, 4.69) is 79.2 Å². The highest BCUT2D eigenvalue weighted by Gasteiger charge is 2.41. The van der Waals surface area contributed by atoms with Gasteiger partial charge in [-0.05, 0) is 39.8 Å². The zero-order valence-electron chi connectivity index (χ0n) is 23.9. The Morgan fingerprint density at radius 2 is 1.59 bits per heavy atom. The van der Waals surface area contributed by atoms with Gasteiger partial charge in [0.2, 0.25) is 0 Å². The summed E-state index contributed by atoms with van der Waals surface area (Å²) < 4.78 is 47.0. The third-order valence-corrected chi connectivity index (χ3v) is 8.06. The lowest BCUT2D eigenvalue weighted by molar-refractivity contribution is -0.146. The Labute approximate surface area is 273 Å². The van der Waals surface area contributed by atoms with Crippen LogP contribution in [0.2, 0.25) is 0 Å². The molecule has 8 nitrogen and oxygen atoms in total. The van der Waals surface area contributed by atoms with Gasteiger partial charge in [0.05, 0.1) is 12.8 Å². The van der Waals surface area contributed by atoms with Crippen molar-refractivity contribution in [1.82, 2.24) is 35.3 Å². The van der Waals surface area contributed by atoms with E-state index >= 15 is 0 Å². The van der Waals surface area contributed by atoms with E-state index in [0.29, 0.717) is 18.3 Å². The molecule has 3 aromatic carbocycles. The van der Waals surface area contributed by atoms with Gasteiger partial charge in [-0.3, -0.25) is 9.80 Å². The second-order valence-corrected chi connectivity index (χ2v) is 10.6. The number of hydrogen-bond donors (Lipinski definition) is 1. The predicted molar refractivity (Wildman–Crippen MR) is 170 cm³/mol. The van der Waals surface area contributed by atoms with Crippen LogP contribution in [0.5, 0.6) is 5.75 Å². The lowest BCUT2D eigenvalue weighted by Crippen LogP contribution is -2.66. The molecular weight excluding hydrogens is 638 g/mol. The minimum atomic E-state index is -4.68. The molecule has 0 spiro atoms. The molecular formula is C30H35Cl3F3N7O. The fourth-order valence-electron chi connectivity index (χ4n) is 6.31. The highest BCUT2D eigenvalue weighted by Crippen LogP contribution is 2.36. The second-order valence-electron chi connectivity index (χ2n) is 10.6. The molecule has 6 rings (SSSR count). The van der Waals surface area contributed by atoms with Gasteiger partial charge in [0.25, 0.3) is 5.82 Å². The number of alkyl halides is 3. The normalized spacial score (nSPS) is 18.8. The van der Waals surface area contributed by atoms with Crippen molar-refractivity contribution in [3.05, 3.63) is 101 Å². The Bertz CT molecular complexity index is 1420. The summed E-state index contributed by atoms with van der Waals surface area (Å²) >= 11 is 0. The molecule has 44 heavy (non-hydrogen) atoms. The van der Waals surface area contributed by atoms with E-state index < -0.39 is 12.0 Å². The number of nitrogens with zero attached hydrogens (tertiary/aromatic N) is 6. The highest BCUT2D eigenvalue weighted by atomic mass is 35.5. The van der Waals surface area contributed by atoms with E-state index in [1.165, 1.54) is 11.1 Å². The standard InChI is InChI=1S/C30H32F3N7O.3ClH/c1-41-27-13-12-24(40-29(30(31,32)33)35-36-37-40)16-23(27)18-38-19-25-17-34-14-15-39(25)26(20-38)28(21-8-4-2-5-9-21)22-10-6-3-7-11-22;;;/h2-13,16,25-26,28,34H,14-15,17-20H2,1H3;3*1H/t25-,26-;;;/m0.../s1. The van der Waals surface area contributed by atoms with Crippen molar-refractivity contribution in [3.8, 4) is 11.4 Å². The van der Waals surface area contributed by atoms with E-state index in [9.17, 15) is 13.2 Å². The number of ether oxygens (including phenoxy) is 1. The van der Waals surface area contributed by atoms with E-state index in [1.807, 2.05) is 12.1 Å². The van der Waals surface area contributed by atoms with Crippen LogP contribution in [0.25, 0.3) is 5.69 Å². The molecule has 2 aliphatic rings. The molecule has 238 valence electrons. The SMILES string of the molecule is COc1ccc(-n2nnnc2C(F)(F)F)cc1CN1C[C@@H]2CNCCN2[C@H](C(c2ccccc2)c2ccccc2)C1.Cl.Cl.Cl. The number of rotatable bonds is 7. The first-order chi connectivity index (χ1) is 19.9. The molecule has 0 saturated carbocycles. The Morgan fingerprint density at radius 1 is 0.932 bits per heavy atom. The number of methoxy groups -OCH3 is 1. The summed E-state index contributed by atoms with van der Waals surface area (Å²) in [4.78, 5) is 5.03. The maximum atomic E-state index is 13.5. The number of hydrogen-bond acceptors (Lipinski definition) is 7. The third-order valence-electron chi connectivity index (χ3n) is 8.06. The Hall–Kier alpha value is -2.93. The molecule has 0 amide bonds. The lowest BCUT2D eigenvalue weighted by atomic mass is 9.81. The topological polar surface area (TPSA) is 71.3 Å². The van der Waals surface area contributed by atoms with Crippen molar-refractivity contribution in [2.45, 2.75) is 30.7 Å². The predicted octanol–water partition coefficient (Wildman–Crippen LogP) is 5.25. The number of piperazine rings is 2. The van der Waals surface area contributed by atoms with Crippen LogP contribution >= 0.6 is 37.2 Å². The molecule has 2 fully saturated rings. The number of nitrogens with one attached hydrogen (secondary N) is 1. The summed E-state index contributed by atoms with van der Waals surface area (Å²) in [6.07, 6.45) is -4.68. The van der Waals surface area contributed by atoms with Crippen LogP contribution in [0.1, 0.15) is 28.4 Å². The van der Waals surface area contributed by atoms with Crippen LogP contribution in [0.3, 0.4) is 0 Å². The fraction of sp³-hybridized carbons (Fsp3) is 0.367. The van der Waals surface area contributed by atoms with Crippen LogP contribution in [0, 0.1) is 0 Å². The third kappa shape index (κ3) is 7.47. The average Bonchev–Trinajstić information content (AvgIpc) is 3.50. The van der Waals surface area contributed by atoms with Crippen molar-refractivity contribution < 1.29 is 17.9 Å². The summed E-state index contributed by atoms with van der Waals surface area (Å²) in [5, 5.41) is 13.7. The molecule has 4 aromatic rings. The molecule has 1 N–H and O–H groups in total. The van der Waals surface area contributed by atoms with Gasteiger partial charge in [0.1, 0.15) is 5.75 Å². The highest BCUT2D eigenvalue weighted by molar-refractivity contribution is 5.86. The number of tetrazole rings is 1. The van der Waals surface area contributed by atoms with Gasteiger partial charge in [-0.15, -0.1) is 42.3 Å². The number of aromatic nitrogens is 4. The first kappa shape index (κ1) is 35.5. The molecule has 0 radical (unpaired) electrons. The molecule has 3 heterocycles. The summed E-state index contributed by atoms with van der Waals surface area (Å²) in [5.41, 5.74) is 3.54. The van der Waals surface area contributed by atoms with E-state index in [1.54, 1.807) is 25.3 Å². The number of fused-ring (bicyclic) bond motifs is 1. The van der Waals surface area contributed by atoms with E-state index in [4.69, 9.17) is 4.74 Å². The Morgan fingerprint density at radius 3 is 2.20 bits per heavy atom. The van der Waals surface area contributed by atoms with Gasteiger partial charge in [0, 0.05) is 62.8 Å². The van der Waals surface area contributed by atoms with Crippen LogP contribution in [-0.2, 0) is 12.7 Å². The quantitative estimate of drug-likeness (QED) is 0.288.